The highest BCUT2D eigenvalue weighted by atomic mass is 79.9. The van der Waals surface area contributed by atoms with E-state index < -0.39 is 0 Å². The number of amides is 2. The van der Waals surface area contributed by atoms with Gasteiger partial charge in [0.2, 0.25) is 5.91 Å². The van der Waals surface area contributed by atoms with Crippen LogP contribution in [-0.2, 0) is 4.79 Å². The average molecular weight is 300 g/mol. The minimum atomic E-state index is -0.199. The van der Waals surface area contributed by atoms with E-state index in [4.69, 9.17) is 0 Å². The Labute approximate surface area is 108 Å². The first-order valence-electron chi connectivity index (χ1n) is 5.13. The van der Waals surface area contributed by atoms with Gasteiger partial charge in [-0.2, -0.15) is 0 Å². The SMILES string of the molecule is CNC(=O)CCN(C)C(=O)c1cccc(Br)n1. The second kappa shape index (κ2) is 6.34. The summed E-state index contributed by atoms with van der Waals surface area (Å²) in [6, 6.07) is 5.14. The Morgan fingerprint density at radius 3 is 2.76 bits per heavy atom. The zero-order chi connectivity index (χ0) is 12.8. The fraction of sp³-hybridized carbons (Fsp3) is 0.364. The van der Waals surface area contributed by atoms with E-state index in [2.05, 4.69) is 26.2 Å². The minimum Gasteiger partial charge on any atom is -0.359 e. The number of nitrogens with one attached hydrogen (secondary N) is 1. The summed E-state index contributed by atoms with van der Waals surface area (Å²) < 4.78 is 0.614. The van der Waals surface area contributed by atoms with Crippen molar-refractivity contribution in [2.75, 3.05) is 20.6 Å². The van der Waals surface area contributed by atoms with E-state index in [1.54, 1.807) is 32.3 Å². The zero-order valence-corrected chi connectivity index (χ0v) is 11.3. The van der Waals surface area contributed by atoms with Crippen molar-refractivity contribution in [3.05, 3.63) is 28.5 Å². The number of carbonyl (C=O) groups excluding carboxylic acids is 2. The van der Waals surface area contributed by atoms with Gasteiger partial charge in [-0.1, -0.05) is 6.07 Å². The first-order chi connectivity index (χ1) is 8.04. The Morgan fingerprint density at radius 1 is 1.47 bits per heavy atom. The summed E-state index contributed by atoms with van der Waals surface area (Å²) >= 11 is 3.21. The second-order valence-corrected chi connectivity index (χ2v) is 4.31. The van der Waals surface area contributed by atoms with E-state index in [1.807, 2.05) is 0 Å². The van der Waals surface area contributed by atoms with E-state index in [9.17, 15) is 9.59 Å². The monoisotopic (exact) mass is 299 g/mol. The van der Waals surface area contributed by atoms with E-state index in [1.165, 1.54) is 4.90 Å². The highest BCUT2D eigenvalue weighted by molar-refractivity contribution is 9.10. The van der Waals surface area contributed by atoms with E-state index in [0.29, 0.717) is 16.8 Å². The average Bonchev–Trinajstić information content (AvgIpc) is 2.34. The van der Waals surface area contributed by atoms with Crippen LogP contribution in [0.25, 0.3) is 0 Å². The molecule has 0 aliphatic rings. The summed E-state index contributed by atoms with van der Waals surface area (Å²) in [7, 11) is 3.22. The predicted molar refractivity (Wildman–Crippen MR) is 67.6 cm³/mol. The third-order valence-electron chi connectivity index (χ3n) is 2.23. The topological polar surface area (TPSA) is 62.3 Å². The number of aromatic nitrogens is 1. The maximum atomic E-state index is 11.9. The van der Waals surface area contributed by atoms with Gasteiger partial charge in [-0.15, -0.1) is 0 Å². The molecule has 0 bridgehead atoms. The van der Waals surface area contributed by atoms with Crippen LogP contribution in [0.4, 0.5) is 0 Å². The van der Waals surface area contributed by atoms with Gasteiger partial charge in [-0.05, 0) is 28.1 Å². The molecular formula is C11H14BrN3O2. The molecule has 1 aromatic rings. The Hall–Kier alpha value is -1.43. The molecule has 0 fully saturated rings. The maximum Gasteiger partial charge on any atom is 0.272 e. The number of halogens is 1. The van der Waals surface area contributed by atoms with Crippen LogP contribution in [-0.4, -0.2) is 42.3 Å². The molecule has 0 aromatic carbocycles. The van der Waals surface area contributed by atoms with E-state index in [-0.39, 0.29) is 18.2 Å². The van der Waals surface area contributed by atoms with Crippen LogP contribution in [0.2, 0.25) is 0 Å². The summed E-state index contributed by atoms with van der Waals surface area (Å²) in [6.07, 6.45) is 0.284. The summed E-state index contributed by atoms with van der Waals surface area (Å²) in [6.45, 7) is 0.368. The lowest BCUT2D eigenvalue weighted by Crippen LogP contribution is -2.31. The van der Waals surface area contributed by atoms with Crippen molar-refractivity contribution < 1.29 is 9.59 Å². The number of hydrogen-bond donors (Lipinski definition) is 1. The number of nitrogens with zero attached hydrogens (tertiary/aromatic N) is 2. The zero-order valence-electron chi connectivity index (χ0n) is 9.74. The van der Waals surface area contributed by atoms with Crippen LogP contribution in [0.15, 0.2) is 22.8 Å². The molecule has 1 rings (SSSR count). The third-order valence-corrected chi connectivity index (χ3v) is 2.68. The van der Waals surface area contributed by atoms with Gasteiger partial charge in [0.15, 0.2) is 0 Å². The lowest BCUT2D eigenvalue weighted by Gasteiger charge is -2.16. The molecule has 6 heteroatoms. The molecule has 5 nitrogen and oxygen atoms in total. The molecule has 0 saturated carbocycles. The van der Waals surface area contributed by atoms with Gasteiger partial charge in [0.25, 0.3) is 5.91 Å². The van der Waals surface area contributed by atoms with Gasteiger partial charge in [-0.3, -0.25) is 9.59 Å². The fourth-order valence-corrected chi connectivity index (χ4v) is 1.56. The molecule has 0 spiro atoms. The standard InChI is InChI=1S/C11H14BrN3O2/c1-13-10(16)6-7-15(2)11(17)8-4-3-5-9(12)14-8/h3-5H,6-7H2,1-2H3,(H,13,16). The van der Waals surface area contributed by atoms with Crippen molar-refractivity contribution >= 4 is 27.7 Å². The fourth-order valence-electron chi connectivity index (χ4n) is 1.22. The Morgan fingerprint density at radius 2 is 2.18 bits per heavy atom. The lowest BCUT2D eigenvalue weighted by atomic mass is 10.3. The molecular weight excluding hydrogens is 286 g/mol. The first-order valence-corrected chi connectivity index (χ1v) is 5.92. The Kier molecular flexibility index (Phi) is 5.09. The van der Waals surface area contributed by atoms with Crippen LogP contribution < -0.4 is 5.32 Å². The molecule has 92 valence electrons. The Bertz CT molecular complexity index is 423. The van der Waals surface area contributed by atoms with Gasteiger partial charge in [0.05, 0.1) is 0 Å². The normalized spacial score (nSPS) is 9.82. The number of hydrogen-bond acceptors (Lipinski definition) is 3. The van der Waals surface area contributed by atoms with E-state index >= 15 is 0 Å². The van der Waals surface area contributed by atoms with Crippen molar-refractivity contribution in [2.24, 2.45) is 0 Å². The van der Waals surface area contributed by atoms with Crippen molar-refractivity contribution in [1.82, 2.24) is 15.2 Å². The third kappa shape index (κ3) is 4.14. The van der Waals surface area contributed by atoms with Crippen LogP contribution in [0.5, 0.6) is 0 Å². The molecule has 0 aliphatic heterocycles. The van der Waals surface area contributed by atoms with Gasteiger partial charge in [-0.25, -0.2) is 4.98 Å². The molecule has 2 amide bonds. The summed E-state index contributed by atoms with van der Waals surface area (Å²) in [4.78, 5) is 28.5. The van der Waals surface area contributed by atoms with Crippen molar-refractivity contribution in [2.45, 2.75) is 6.42 Å². The quantitative estimate of drug-likeness (QED) is 0.846. The lowest BCUT2D eigenvalue weighted by molar-refractivity contribution is -0.120. The molecule has 0 unspecified atom stereocenters. The van der Waals surface area contributed by atoms with Crippen molar-refractivity contribution in [3.63, 3.8) is 0 Å². The molecule has 0 aliphatic carbocycles. The number of pyridine rings is 1. The molecule has 0 saturated heterocycles. The van der Waals surface area contributed by atoms with Crippen LogP contribution >= 0.6 is 15.9 Å². The molecule has 0 atom stereocenters. The molecule has 0 radical (unpaired) electrons. The minimum absolute atomic E-state index is 0.0909. The maximum absolute atomic E-state index is 11.9. The number of rotatable bonds is 4. The number of carbonyl (C=O) groups is 2. The predicted octanol–water partition coefficient (Wildman–Crippen LogP) is 1.05. The summed E-state index contributed by atoms with van der Waals surface area (Å²) in [5, 5.41) is 2.51. The van der Waals surface area contributed by atoms with Gasteiger partial charge < -0.3 is 10.2 Å². The van der Waals surface area contributed by atoms with Crippen molar-refractivity contribution in [1.29, 1.82) is 0 Å². The molecule has 1 heterocycles. The van der Waals surface area contributed by atoms with Crippen molar-refractivity contribution in [3.8, 4) is 0 Å². The molecule has 1 aromatic heterocycles. The van der Waals surface area contributed by atoms with Gasteiger partial charge in [0, 0.05) is 27.1 Å². The van der Waals surface area contributed by atoms with E-state index in [0.717, 1.165) is 0 Å². The van der Waals surface area contributed by atoms with Gasteiger partial charge >= 0.3 is 0 Å². The van der Waals surface area contributed by atoms with Crippen LogP contribution in [0.1, 0.15) is 16.9 Å². The summed E-state index contributed by atoms with van der Waals surface area (Å²) in [5.74, 6) is -0.290. The second-order valence-electron chi connectivity index (χ2n) is 3.50. The largest absolute Gasteiger partial charge is 0.359 e. The van der Waals surface area contributed by atoms with Crippen LogP contribution in [0, 0.1) is 0 Å². The highest BCUT2D eigenvalue weighted by Gasteiger charge is 2.13. The summed E-state index contributed by atoms with van der Waals surface area (Å²) in [5.41, 5.74) is 0.360. The highest BCUT2D eigenvalue weighted by Crippen LogP contribution is 2.08. The molecule has 17 heavy (non-hydrogen) atoms. The van der Waals surface area contributed by atoms with Crippen LogP contribution in [0.3, 0.4) is 0 Å². The smallest absolute Gasteiger partial charge is 0.272 e. The molecule has 1 N–H and O–H groups in total. The van der Waals surface area contributed by atoms with Gasteiger partial charge in [0.1, 0.15) is 10.3 Å². The Balaban J connectivity index is 2.61. The first kappa shape index (κ1) is 13.6.